The van der Waals surface area contributed by atoms with Gasteiger partial charge in [0.15, 0.2) is 11.5 Å². The van der Waals surface area contributed by atoms with E-state index in [1.165, 1.54) is 49.7 Å². The van der Waals surface area contributed by atoms with Crippen LogP contribution in [0.4, 0.5) is 0 Å². The molecule has 0 aromatic heterocycles. The second kappa shape index (κ2) is 7.70. The van der Waals surface area contributed by atoms with Gasteiger partial charge in [-0.2, -0.15) is 4.31 Å². The standard InChI is InChI=1S/C18H22N2O6S2/c1-19(2)27(21,22)15-8-10-16(11-9-15)28(23,24)20(3)12-14-13-25-17-6-4-5-7-18(17)26-14/h4-11,14H,12-13H2,1-3H3/t14-/m1/s1. The van der Waals surface area contributed by atoms with Gasteiger partial charge in [0.2, 0.25) is 20.0 Å². The first kappa shape index (κ1) is 20.6. The van der Waals surface area contributed by atoms with E-state index < -0.39 is 26.2 Å². The summed E-state index contributed by atoms with van der Waals surface area (Å²) in [5.41, 5.74) is 0. The molecule has 0 bridgehead atoms. The molecule has 1 heterocycles. The first-order chi connectivity index (χ1) is 13.1. The van der Waals surface area contributed by atoms with Crippen molar-refractivity contribution in [1.82, 2.24) is 8.61 Å². The molecule has 1 aliphatic rings. The van der Waals surface area contributed by atoms with Crippen LogP contribution in [0.1, 0.15) is 0 Å². The number of sulfonamides is 2. The number of hydrogen-bond acceptors (Lipinski definition) is 6. The highest BCUT2D eigenvalue weighted by atomic mass is 32.2. The van der Waals surface area contributed by atoms with Crippen LogP contribution < -0.4 is 9.47 Å². The molecule has 10 heteroatoms. The molecule has 2 aromatic carbocycles. The van der Waals surface area contributed by atoms with Gasteiger partial charge in [-0.1, -0.05) is 12.1 Å². The maximum atomic E-state index is 12.8. The average Bonchev–Trinajstić information content (AvgIpc) is 2.67. The Morgan fingerprint density at radius 3 is 1.96 bits per heavy atom. The van der Waals surface area contributed by atoms with Gasteiger partial charge < -0.3 is 9.47 Å². The lowest BCUT2D eigenvalue weighted by atomic mass is 10.2. The van der Waals surface area contributed by atoms with Crippen LogP contribution in [0.3, 0.4) is 0 Å². The minimum atomic E-state index is -3.81. The van der Waals surface area contributed by atoms with Crippen molar-refractivity contribution in [1.29, 1.82) is 0 Å². The second-order valence-electron chi connectivity index (χ2n) is 6.54. The highest BCUT2D eigenvalue weighted by Crippen LogP contribution is 2.31. The molecular weight excluding hydrogens is 404 g/mol. The van der Waals surface area contributed by atoms with Crippen molar-refractivity contribution in [3.05, 3.63) is 48.5 Å². The van der Waals surface area contributed by atoms with Crippen LogP contribution in [0.2, 0.25) is 0 Å². The molecule has 0 saturated carbocycles. The molecule has 0 unspecified atom stereocenters. The Morgan fingerprint density at radius 1 is 0.857 bits per heavy atom. The number of rotatable bonds is 6. The summed E-state index contributed by atoms with van der Waals surface area (Å²) in [5, 5.41) is 0. The van der Waals surface area contributed by atoms with Crippen LogP contribution in [-0.4, -0.2) is 65.8 Å². The van der Waals surface area contributed by atoms with Gasteiger partial charge in [0.05, 0.1) is 16.3 Å². The zero-order valence-corrected chi connectivity index (χ0v) is 17.4. The first-order valence-electron chi connectivity index (χ1n) is 8.50. The van der Waals surface area contributed by atoms with Crippen LogP contribution in [-0.2, 0) is 20.0 Å². The van der Waals surface area contributed by atoms with Crippen molar-refractivity contribution >= 4 is 20.0 Å². The van der Waals surface area contributed by atoms with Crippen molar-refractivity contribution in [2.45, 2.75) is 15.9 Å². The predicted molar refractivity (Wildman–Crippen MR) is 103 cm³/mol. The molecule has 0 radical (unpaired) electrons. The van der Waals surface area contributed by atoms with Crippen molar-refractivity contribution in [2.75, 3.05) is 34.3 Å². The van der Waals surface area contributed by atoms with Crippen LogP contribution in [0, 0.1) is 0 Å². The third kappa shape index (κ3) is 4.00. The molecule has 0 aliphatic carbocycles. The first-order valence-corrected chi connectivity index (χ1v) is 11.4. The SMILES string of the molecule is CN(C)S(=O)(=O)c1ccc(S(=O)(=O)N(C)C[C@@H]2COc3ccccc3O2)cc1. The van der Waals surface area contributed by atoms with Crippen molar-refractivity contribution in [2.24, 2.45) is 0 Å². The Hall–Kier alpha value is -2.14. The summed E-state index contributed by atoms with van der Waals surface area (Å²) in [7, 11) is -3.15. The van der Waals surface area contributed by atoms with Crippen molar-refractivity contribution < 1.29 is 26.3 Å². The normalized spacial score (nSPS) is 17.1. The summed E-state index contributed by atoms with van der Waals surface area (Å²) in [6.45, 7) is 0.325. The van der Waals surface area contributed by atoms with E-state index >= 15 is 0 Å². The maximum Gasteiger partial charge on any atom is 0.242 e. The number of hydrogen-bond donors (Lipinski definition) is 0. The minimum Gasteiger partial charge on any atom is -0.486 e. The molecule has 0 saturated heterocycles. The lowest BCUT2D eigenvalue weighted by Crippen LogP contribution is -2.41. The van der Waals surface area contributed by atoms with E-state index in [9.17, 15) is 16.8 Å². The van der Waals surface area contributed by atoms with E-state index in [-0.39, 0.29) is 22.9 Å². The van der Waals surface area contributed by atoms with Crippen LogP contribution >= 0.6 is 0 Å². The van der Waals surface area contributed by atoms with Crippen LogP contribution in [0.15, 0.2) is 58.3 Å². The van der Waals surface area contributed by atoms with Gasteiger partial charge in [0.25, 0.3) is 0 Å². The minimum absolute atomic E-state index is 0.00448. The maximum absolute atomic E-state index is 12.8. The van der Waals surface area contributed by atoms with Crippen LogP contribution in [0.25, 0.3) is 0 Å². The molecule has 2 aromatic rings. The topological polar surface area (TPSA) is 93.2 Å². The van der Waals surface area contributed by atoms with Gasteiger partial charge >= 0.3 is 0 Å². The second-order valence-corrected chi connectivity index (χ2v) is 10.7. The van der Waals surface area contributed by atoms with E-state index in [2.05, 4.69) is 0 Å². The van der Waals surface area contributed by atoms with Crippen molar-refractivity contribution in [3.63, 3.8) is 0 Å². The monoisotopic (exact) mass is 426 g/mol. The number of ether oxygens (including phenoxy) is 2. The largest absolute Gasteiger partial charge is 0.486 e. The molecule has 0 amide bonds. The lowest BCUT2D eigenvalue weighted by Gasteiger charge is -2.29. The third-order valence-electron chi connectivity index (χ3n) is 4.34. The fourth-order valence-corrected chi connectivity index (χ4v) is 4.82. The highest BCUT2D eigenvalue weighted by Gasteiger charge is 2.28. The quantitative estimate of drug-likeness (QED) is 0.693. The van der Waals surface area contributed by atoms with E-state index in [4.69, 9.17) is 9.47 Å². The van der Waals surface area contributed by atoms with Gasteiger partial charge in [-0.3, -0.25) is 0 Å². The molecular formula is C18H22N2O6S2. The number of likely N-dealkylation sites (N-methyl/N-ethyl adjacent to an activating group) is 1. The molecule has 3 rings (SSSR count). The number of para-hydroxylation sites is 2. The molecule has 0 spiro atoms. The molecule has 28 heavy (non-hydrogen) atoms. The fourth-order valence-electron chi connectivity index (χ4n) is 2.71. The Kier molecular flexibility index (Phi) is 5.67. The van der Waals surface area contributed by atoms with Gasteiger partial charge in [-0.15, -0.1) is 0 Å². The van der Waals surface area contributed by atoms with E-state index in [1.54, 1.807) is 12.1 Å². The van der Waals surface area contributed by atoms with E-state index in [1.807, 2.05) is 12.1 Å². The average molecular weight is 427 g/mol. The van der Waals surface area contributed by atoms with Crippen LogP contribution in [0.5, 0.6) is 11.5 Å². The Bertz CT molecular complexity index is 1050. The predicted octanol–water partition coefficient (Wildman–Crippen LogP) is 1.40. The highest BCUT2D eigenvalue weighted by molar-refractivity contribution is 7.89. The summed E-state index contributed by atoms with van der Waals surface area (Å²) in [4.78, 5) is 0.0320. The smallest absolute Gasteiger partial charge is 0.242 e. The summed E-state index contributed by atoms with van der Waals surface area (Å²) in [5.74, 6) is 1.20. The Balaban J connectivity index is 1.74. The summed E-state index contributed by atoms with van der Waals surface area (Å²) in [6, 6.07) is 12.3. The molecule has 152 valence electrons. The van der Waals surface area contributed by atoms with E-state index in [0.29, 0.717) is 11.5 Å². The number of nitrogens with zero attached hydrogens (tertiary/aromatic N) is 2. The summed E-state index contributed by atoms with van der Waals surface area (Å²) >= 11 is 0. The number of fused-ring (bicyclic) bond motifs is 1. The zero-order chi connectivity index (χ0) is 20.5. The molecule has 1 aliphatic heterocycles. The summed E-state index contributed by atoms with van der Waals surface area (Å²) < 4.78 is 63.5. The lowest BCUT2D eigenvalue weighted by molar-refractivity contribution is 0.0798. The number of benzene rings is 2. The Labute approximate surface area is 165 Å². The molecule has 1 atom stereocenters. The zero-order valence-electron chi connectivity index (χ0n) is 15.8. The molecule has 8 nitrogen and oxygen atoms in total. The van der Waals surface area contributed by atoms with Gasteiger partial charge in [-0.25, -0.2) is 21.1 Å². The summed E-state index contributed by atoms with van der Waals surface area (Å²) in [6.07, 6.45) is -0.455. The molecule has 0 N–H and O–H groups in total. The van der Waals surface area contributed by atoms with Gasteiger partial charge in [0, 0.05) is 21.1 Å². The molecule has 0 fully saturated rings. The van der Waals surface area contributed by atoms with Gasteiger partial charge in [0.1, 0.15) is 12.7 Å². The van der Waals surface area contributed by atoms with Gasteiger partial charge in [-0.05, 0) is 36.4 Å². The van der Waals surface area contributed by atoms with E-state index in [0.717, 1.165) is 4.31 Å². The van der Waals surface area contributed by atoms with Crippen molar-refractivity contribution in [3.8, 4) is 11.5 Å². The Morgan fingerprint density at radius 2 is 1.39 bits per heavy atom. The fraction of sp³-hybridized carbons (Fsp3) is 0.333. The third-order valence-corrected chi connectivity index (χ3v) is 8.01.